The maximum Gasteiger partial charge on any atom is 0.416 e. The minimum absolute atomic E-state index is 0.0735. The van der Waals surface area contributed by atoms with Gasteiger partial charge in [-0.2, -0.15) is 22.7 Å². The molecule has 0 aliphatic carbocycles. The lowest BCUT2D eigenvalue weighted by Gasteiger charge is -2.20. The number of aliphatic carboxylic acids is 1. The normalized spacial score (nSPS) is 22.3. The number of alkyl halides is 3. The summed E-state index contributed by atoms with van der Waals surface area (Å²) in [5.41, 5.74) is -3.03. The van der Waals surface area contributed by atoms with E-state index in [0.717, 1.165) is 10.4 Å². The fourth-order valence-electron chi connectivity index (χ4n) is 2.46. The van der Waals surface area contributed by atoms with Gasteiger partial charge in [0.15, 0.2) is 0 Å². The summed E-state index contributed by atoms with van der Waals surface area (Å²) in [6, 6.07) is 3.24. The molecule has 1 aromatic carbocycles. The number of carboxylic acid groups (broad SMARTS) is 1. The van der Waals surface area contributed by atoms with Crippen LogP contribution in [0.1, 0.15) is 24.5 Å². The monoisotopic (exact) mass is 362 g/mol. The van der Waals surface area contributed by atoms with Crippen molar-refractivity contribution in [1.29, 1.82) is 5.26 Å². The summed E-state index contributed by atoms with van der Waals surface area (Å²) in [7, 11) is -4.27. The second-order valence-corrected chi connectivity index (χ2v) is 7.68. The minimum Gasteiger partial charge on any atom is -0.481 e. The standard InChI is InChI=1S/C14H13F3N2O4S/c1-13(12(20)21)4-5-19(8-13)24(22,23)11-3-2-10(14(15,16)17)6-9(11)7-18/h2-3,6H,4-5,8H2,1H3,(H,20,21). The van der Waals surface area contributed by atoms with Crippen LogP contribution < -0.4 is 0 Å². The number of sulfonamides is 1. The van der Waals surface area contributed by atoms with Crippen molar-refractivity contribution in [2.45, 2.75) is 24.4 Å². The number of hydrogen-bond acceptors (Lipinski definition) is 4. The Bertz CT molecular complexity index is 829. The van der Waals surface area contributed by atoms with Crippen LogP contribution in [0.2, 0.25) is 0 Å². The zero-order valence-corrected chi connectivity index (χ0v) is 13.3. The van der Waals surface area contributed by atoms with E-state index in [4.69, 9.17) is 10.4 Å². The van der Waals surface area contributed by atoms with Gasteiger partial charge in [0.2, 0.25) is 10.0 Å². The van der Waals surface area contributed by atoms with Crippen molar-refractivity contribution in [3.05, 3.63) is 29.3 Å². The van der Waals surface area contributed by atoms with Gasteiger partial charge in [0.05, 0.1) is 21.4 Å². The van der Waals surface area contributed by atoms with E-state index in [2.05, 4.69) is 0 Å². The highest BCUT2D eigenvalue weighted by Gasteiger charge is 2.45. The molecule has 1 N–H and O–H groups in total. The first kappa shape index (κ1) is 18.2. The van der Waals surface area contributed by atoms with Crippen LogP contribution in [-0.4, -0.2) is 36.9 Å². The summed E-state index contributed by atoms with van der Waals surface area (Å²) in [5.74, 6) is -1.16. The smallest absolute Gasteiger partial charge is 0.416 e. The second kappa shape index (κ2) is 5.75. The molecule has 130 valence electrons. The number of carbonyl (C=O) groups is 1. The first-order valence-corrected chi connectivity index (χ1v) is 8.21. The van der Waals surface area contributed by atoms with Gasteiger partial charge >= 0.3 is 12.1 Å². The van der Waals surface area contributed by atoms with Crippen molar-refractivity contribution in [2.24, 2.45) is 5.41 Å². The average molecular weight is 362 g/mol. The Morgan fingerprint density at radius 3 is 2.50 bits per heavy atom. The lowest BCUT2D eigenvalue weighted by atomic mass is 9.90. The third-order valence-corrected chi connectivity index (χ3v) is 5.90. The average Bonchev–Trinajstić information content (AvgIpc) is 2.90. The molecule has 0 amide bonds. The van der Waals surface area contributed by atoms with E-state index in [0.29, 0.717) is 12.1 Å². The summed E-state index contributed by atoms with van der Waals surface area (Å²) >= 11 is 0. The SMILES string of the molecule is CC1(C(=O)O)CCN(S(=O)(=O)c2ccc(C(F)(F)F)cc2C#N)C1. The third-order valence-electron chi connectivity index (χ3n) is 4.00. The Morgan fingerprint density at radius 1 is 1.42 bits per heavy atom. The summed E-state index contributed by atoms with van der Waals surface area (Å²) in [5, 5.41) is 18.2. The highest BCUT2D eigenvalue weighted by atomic mass is 32.2. The first-order valence-electron chi connectivity index (χ1n) is 6.77. The maximum absolute atomic E-state index is 12.7. The zero-order valence-electron chi connectivity index (χ0n) is 12.5. The van der Waals surface area contributed by atoms with Gasteiger partial charge in [-0.05, 0) is 31.5 Å². The van der Waals surface area contributed by atoms with Crippen LogP contribution in [0, 0.1) is 16.7 Å². The van der Waals surface area contributed by atoms with Crippen LogP contribution in [0.3, 0.4) is 0 Å². The van der Waals surface area contributed by atoms with Gasteiger partial charge in [-0.3, -0.25) is 4.79 Å². The first-order chi connectivity index (χ1) is 10.9. The molecule has 1 unspecified atom stereocenters. The van der Waals surface area contributed by atoms with E-state index >= 15 is 0 Å². The van der Waals surface area contributed by atoms with E-state index in [1.54, 1.807) is 0 Å². The number of halogens is 3. The summed E-state index contributed by atoms with van der Waals surface area (Å²) in [6.45, 7) is 0.996. The Hall–Kier alpha value is -2.12. The molecule has 0 radical (unpaired) electrons. The predicted molar refractivity (Wildman–Crippen MR) is 75.3 cm³/mol. The molecule has 0 bridgehead atoms. The molecule has 2 rings (SSSR count). The number of nitrogens with zero attached hydrogens (tertiary/aromatic N) is 2. The molecule has 6 nitrogen and oxygen atoms in total. The van der Waals surface area contributed by atoms with Gasteiger partial charge in [0.25, 0.3) is 0 Å². The molecular weight excluding hydrogens is 349 g/mol. The molecular formula is C14H13F3N2O4S. The van der Waals surface area contributed by atoms with Gasteiger partial charge < -0.3 is 5.11 Å². The molecule has 1 aliphatic heterocycles. The highest BCUT2D eigenvalue weighted by Crippen LogP contribution is 2.36. The number of benzene rings is 1. The zero-order chi connectivity index (χ0) is 18.3. The fraction of sp³-hybridized carbons (Fsp3) is 0.429. The molecule has 24 heavy (non-hydrogen) atoms. The van der Waals surface area contributed by atoms with Crippen LogP contribution in [0.5, 0.6) is 0 Å². The molecule has 1 fully saturated rings. The third kappa shape index (κ3) is 3.09. The quantitative estimate of drug-likeness (QED) is 0.887. The largest absolute Gasteiger partial charge is 0.481 e. The van der Waals surface area contributed by atoms with E-state index in [9.17, 15) is 26.4 Å². The Morgan fingerprint density at radius 2 is 2.04 bits per heavy atom. The van der Waals surface area contributed by atoms with Crippen LogP contribution in [0.4, 0.5) is 13.2 Å². The molecule has 0 saturated carbocycles. The summed E-state index contributed by atoms with van der Waals surface area (Å²) < 4.78 is 64.1. The molecule has 1 heterocycles. The molecule has 1 aliphatic rings. The van der Waals surface area contributed by atoms with E-state index in [1.807, 2.05) is 0 Å². The molecule has 0 aromatic heterocycles. The number of rotatable bonds is 3. The summed E-state index contributed by atoms with van der Waals surface area (Å²) in [6.07, 6.45) is -4.63. The van der Waals surface area contributed by atoms with Crippen molar-refractivity contribution >= 4 is 16.0 Å². The van der Waals surface area contributed by atoms with Crippen molar-refractivity contribution in [3.63, 3.8) is 0 Å². The molecule has 0 spiro atoms. The van der Waals surface area contributed by atoms with Crippen molar-refractivity contribution in [1.82, 2.24) is 4.31 Å². The van der Waals surface area contributed by atoms with Gasteiger partial charge in [0.1, 0.15) is 6.07 Å². The van der Waals surface area contributed by atoms with Crippen LogP contribution in [0.25, 0.3) is 0 Å². The minimum atomic E-state index is -4.70. The fourth-order valence-corrected chi connectivity index (χ4v) is 4.14. The Labute approximate surface area is 136 Å². The van der Waals surface area contributed by atoms with E-state index < -0.39 is 43.6 Å². The second-order valence-electron chi connectivity index (χ2n) is 5.77. The summed E-state index contributed by atoms with van der Waals surface area (Å²) in [4.78, 5) is 10.6. The van der Waals surface area contributed by atoms with Gasteiger partial charge in [-0.1, -0.05) is 0 Å². The highest BCUT2D eigenvalue weighted by molar-refractivity contribution is 7.89. The van der Waals surface area contributed by atoms with E-state index in [1.165, 1.54) is 13.0 Å². The molecule has 1 atom stereocenters. The van der Waals surface area contributed by atoms with Crippen LogP contribution in [0.15, 0.2) is 23.1 Å². The molecule has 1 aromatic rings. The topological polar surface area (TPSA) is 98.5 Å². The van der Waals surface area contributed by atoms with Crippen molar-refractivity contribution in [3.8, 4) is 6.07 Å². The Kier molecular flexibility index (Phi) is 4.37. The van der Waals surface area contributed by atoms with Gasteiger partial charge in [0, 0.05) is 13.1 Å². The lowest BCUT2D eigenvalue weighted by Crippen LogP contribution is -2.35. The van der Waals surface area contributed by atoms with E-state index in [-0.39, 0.29) is 19.5 Å². The van der Waals surface area contributed by atoms with Crippen molar-refractivity contribution < 1.29 is 31.5 Å². The number of nitriles is 1. The Balaban J connectivity index is 2.45. The lowest BCUT2D eigenvalue weighted by molar-refractivity contribution is -0.147. The number of carboxylic acids is 1. The number of hydrogen-bond donors (Lipinski definition) is 1. The van der Waals surface area contributed by atoms with Crippen LogP contribution in [-0.2, 0) is 21.0 Å². The predicted octanol–water partition coefficient (Wildman–Crippen LogP) is 2.06. The van der Waals surface area contributed by atoms with Crippen molar-refractivity contribution in [2.75, 3.05) is 13.1 Å². The van der Waals surface area contributed by atoms with Gasteiger partial charge in [-0.25, -0.2) is 8.42 Å². The van der Waals surface area contributed by atoms with Crippen LogP contribution >= 0.6 is 0 Å². The molecule has 1 saturated heterocycles. The maximum atomic E-state index is 12.7. The molecule has 10 heteroatoms. The van der Waals surface area contributed by atoms with Gasteiger partial charge in [-0.15, -0.1) is 0 Å².